The number of hydrogen-bond donors (Lipinski definition) is 2. The number of likely N-dealkylation sites (tertiary alicyclic amines) is 1. The highest BCUT2D eigenvalue weighted by atomic mass is 19.4. The summed E-state index contributed by atoms with van der Waals surface area (Å²) in [4.78, 5) is 34.2. The average molecular weight is 484 g/mol. The molecule has 1 aliphatic carbocycles. The number of alkyl halides is 3. The van der Waals surface area contributed by atoms with Crippen LogP contribution in [0, 0.1) is 5.41 Å². The number of aliphatic hydroxyl groups excluding tert-OH is 1. The molecule has 188 valence electrons. The third kappa shape index (κ3) is 5.46. The summed E-state index contributed by atoms with van der Waals surface area (Å²) in [6.45, 7) is 5.51. The molecule has 1 aromatic heterocycles. The first-order chi connectivity index (χ1) is 16.1. The number of aliphatic hydroxyl groups is 1. The molecule has 2 saturated heterocycles. The van der Waals surface area contributed by atoms with Crippen molar-refractivity contribution in [3.63, 3.8) is 0 Å². The molecule has 2 aliphatic heterocycles. The fraction of sp³-hybridized carbons (Fsp3) is 0.696. The Morgan fingerprint density at radius 1 is 1.18 bits per heavy atom. The van der Waals surface area contributed by atoms with Crippen molar-refractivity contribution in [2.45, 2.75) is 57.3 Å². The Labute approximate surface area is 197 Å². The molecule has 2 atom stereocenters. The van der Waals surface area contributed by atoms with Gasteiger partial charge in [0.25, 0.3) is 0 Å². The number of nitrogens with one attached hydrogen (secondary N) is 1. The highest BCUT2D eigenvalue weighted by Gasteiger charge is 2.51. The van der Waals surface area contributed by atoms with Gasteiger partial charge in [0.1, 0.15) is 17.6 Å². The summed E-state index contributed by atoms with van der Waals surface area (Å²) in [5.74, 6) is -0.389. The molecule has 3 amide bonds. The smallest absolute Gasteiger partial charge is 0.391 e. The topological polar surface area (TPSA) is 89.0 Å². The fourth-order valence-corrected chi connectivity index (χ4v) is 4.93. The molecule has 34 heavy (non-hydrogen) atoms. The van der Waals surface area contributed by atoms with Gasteiger partial charge in [-0.1, -0.05) is 6.07 Å². The Balaban J connectivity index is 1.21. The number of halogens is 3. The van der Waals surface area contributed by atoms with Crippen LogP contribution < -0.4 is 5.32 Å². The van der Waals surface area contributed by atoms with Gasteiger partial charge >= 0.3 is 12.2 Å². The zero-order valence-electron chi connectivity index (χ0n) is 19.4. The van der Waals surface area contributed by atoms with Crippen LogP contribution in [0.5, 0.6) is 0 Å². The van der Waals surface area contributed by atoms with Gasteiger partial charge in [-0.05, 0) is 69.7 Å². The summed E-state index contributed by atoms with van der Waals surface area (Å²) in [6.07, 6.45) is 0.257. The molecule has 1 aromatic rings. The van der Waals surface area contributed by atoms with Gasteiger partial charge in [-0.3, -0.25) is 10.1 Å². The van der Waals surface area contributed by atoms with E-state index in [1.54, 1.807) is 11.8 Å². The molecule has 0 bridgehead atoms. The van der Waals surface area contributed by atoms with Crippen molar-refractivity contribution in [2.24, 2.45) is 5.41 Å². The summed E-state index contributed by atoms with van der Waals surface area (Å²) in [5.41, 5.74) is -0.896. The van der Waals surface area contributed by atoms with E-state index in [1.807, 2.05) is 0 Å². The lowest BCUT2D eigenvalue weighted by atomic mass is 9.90. The van der Waals surface area contributed by atoms with Crippen LogP contribution in [0.1, 0.15) is 44.7 Å². The van der Waals surface area contributed by atoms with Crippen LogP contribution in [0.4, 0.5) is 23.8 Å². The van der Waals surface area contributed by atoms with E-state index >= 15 is 0 Å². The number of urea groups is 1. The molecule has 2 unspecified atom stereocenters. The summed E-state index contributed by atoms with van der Waals surface area (Å²) in [5, 5.41) is 12.7. The van der Waals surface area contributed by atoms with Gasteiger partial charge in [-0.15, -0.1) is 0 Å². The van der Waals surface area contributed by atoms with Gasteiger partial charge in [-0.2, -0.15) is 13.2 Å². The van der Waals surface area contributed by atoms with Crippen molar-refractivity contribution < 1.29 is 27.9 Å². The van der Waals surface area contributed by atoms with Crippen molar-refractivity contribution in [3.05, 3.63) is 23.9 Å². The van der Waals surface area contributed by atoms with Crippen molar-refractivity contribution >= 4 is 17.8 Å². The third-order valence-electron chi connectivity index (χ3n) is 7.39. The summed E-state index contributed by atoms with van der Waals surface area (Å²) in [6, 6.07) is 1.92. The van der Waals surface area contributed by atoms with Crippen molar-refractivity contribution in [1.29, 1.82) is 0 Å². The number of carbonyl (C=O) groups excluding carboxylic acids is 2. The Morgan fingerprint density at radius 2 is 1.91 bits per heavy atom. The maximum Gasteiger partial charge on any atom is 0.433 e. The second kappa shape index (κ2) is 9.69. The number of β-amino-alcohol motifs (C(OH)–C–C–N with tert-alkyl or cyclic N) is 1. The van der Waals surface area contributed by atoms with E-state index in [0.29, 0.717) is 13.1 Å². The zero-order valence-corrected chi connectivity index (χ0v) is 19.4. The predicted molar refractivity (Wildman–Crippen MR) is 119 cm³/mol. The number of piperazine rings is 1. The molecule has 3 aliphatic rings. The monoisotopic (exact) mass is 483 g/mol. The molecule has 0 radical (unpaired) electrons. The van der Waals surface area contributed by atoms with Crippen LogP contribution in [0.25, 0.3) is 0 Å². The van der Waals surface area contributed by atoms with Crippen molar-refractivity contribution in [3.8, 4) is 0 Å². The summed E-state index contributed by atoms with van der Waals surface area (Å²) < 4.78 is 38.6. The Hall–Kier alpha value is -2.40. The highest BCUT2D eigenvalue weighted by Crippen LogP contribution is 2.53. The second-order valence-corrected chi connectivity index (χ2v) is 9.67. The van der Waals surface area contributed by atoms with Crippen LogP contribution in [-0.4, -0.2) is 88.1 Å². The number of aromatic nitrogens is 1. The van der Waals surface area contributed by atoms with E-state index in [9.17, 15) is 27.9 Å². The Kier molecular flexibility index (Phi) is 7.04. The predicted octanol–water partition coefficient (Wildman–Crippen LogP) is 2.79. The summed E-state index contributed by atoms with van der Waals surface area (Å²) >= 11 is 0. The Bertz CT molecular complexity index is 908. The van der Waals surface area contributed by atoms with Crippen molar-refractivity contribution in [1.82, 2.24) is 19.7 Å². The number of rotatable bonds is 6. The van der Waals surface area contributed by atoms with E-state index in [2.05, 4.69) is 15.2 Å². The first-order valence-corrected chi connectivity index (χ1v) is 11.9. The van der Waals surface area contributed by atoms with E-state index in [1.165, 1.54) is 17.0 Å². The molecule has 0 aromatic carbocycles. The minimum absolute atomic E-state index is 0.178. The van der Waals surface area contributed by atoms with Gasteiger partial charge < -0.3 is 19.8 Å². The van der Waals surface area contributed by atoms with Gasteiger partial charge in [0.05, 0.1) is 6.10 Å². The zero-order chi connectivity index (χ0) is 24.5. The maximum absolute atomic E-state index is 12.9. The standard InChI is InChI=1S/C23H32F3N5O3/c1-16-20(33)30(11-3-2-10-29-12-9-22(7-8-22)18(32)15-29)13-14-31(16)21(34)28-19-6-4-5-17(27-19)23(24,25)26/h4-6,16,18,32H,2-3,7-15H2,1H3,(H,27,28,34). The average Bonchev–Trinajstić information content (AvgIpc) is 3.57. The molecule has 3 fully saturated rings. The van der Waals surface area contributed by atoms with Gasteiger partial charge in [0.2, 0.25) is 5.91 Å². The first kappa shape index (κ1) is 24.7. The second-order valence-electron chi connectivity index (χ2n) is 9.67. The molecule has 11 heteroatoms. The normalized spacial score (nSPS) is 25.0. The minimum Gasteiger partial charge on any atom is -0.391 e. The van der Waals surface area contributed by atoms with E-state index in [4.69, 9.17) is 0 Å². The maximum atomic E-state index is 12.9. The quantitative estimate of drug-likeness (QED) is 0.608. The lowest BCUT2D eigenvalue weighted by Crippen LogP contribution is -2.58. The molecular formula is C23H32F3N5O3. The molecule has 3 heterocycles. The van der Waals surface area contributed by atoms with E-state index in [-0.39, 0.29) is 29.8 Å². The van der Waals surface area contributed by atoms with Crippen LogP contribution in [0.15, 0.2) is 18.2 Å². The number of nitrogens with zero attached hydrogens (tertiary/aromatic N) is 4. The Morgan fingerprint density at radius 3 is 2.59 bits per heavy atom. The van der Waals surface area contributed by atoms with E-state index in [0.717, 1.165) is 57.8 Å². The SMILES string of the molecule is CC1C(=O)N(CCCCN2CCC3(CC3)C(O)C2)CCN1C(=O)Nc1cccc(C(F)(F)F)n1. The molecule has 1 saturated carbocycles. The minimum atomic E-state index is -4.61. The van der Waals surface area contributed by atoms with Crippen LogP contribution in [-0.2, 0) is 11.0 Å². The number of amides is 3. The van der Waals surface area contributed by atoms with Crippen LogP contribution in [0.2, 0.25) is 0 Å². The summed E-state index contributed by atoms with van der Waals surface area (Å²) in [7, 11) is 0. The fourth-order valence-electron chi connectivity index (χ4n) is 4.93. The number of anilines is 1. The number of carbonyl (C=O) groups is 2. The van der Waals surface area contributed by atoms with Gasteiger partial charge in [0.15, 0.2) is 0 Å². The van der Waals surface area contributed by atoms with E-state index < -0.39 is 23.9 Å². The highest BCUT2D eigenvalue weighted by molar-refractivity contribution is 5.93. The number of pyridine rings is 1. The molecule has 1 spiro atoms. The first-order valence-electron chi connectivity index (χ1n) is 11.9. The lowest BCUT2D eigenvalue weighted by Gasteiger charge is -2.39. The number of hydrogen-bond acceptors (Lipinski definition) is 5. The lowest BCUT2D eigenvalue weighted by molar-refractivity contribution is -0.141. The molecular weight excluding hydrogens is 451 g/mol. The number of unbranched alkanes of at least 4 members (excludes halogenated alkanes) is 1. The van der Waals surface area contributed by atoms with Gasteiger partial charge in [-0.25, -0.2) is 9.78 Å². The van der Waals surface area contributed by atoms with Crippen LogP contribution >= 0.6 is 0 Å². The molecule has 4 rings (SSSR count). The van der Waals surface area contributed by atoms with Crippen LogP contribution in [0.3, 0.4) is 0 Å². The molecule has 8 nitrogen and oxygen atoms in total. The van der Waals surface area contributed by atoms with Crippen molar-refractivity contribution in [2.75, 3.05) is 44.6 Å². The largest absolute Gasteiger partial charge is 0.433 e. The third-order valence-corrected chi connectivity index (χ3v) is 7.39. The number of piperidine rings is 1. The molecule has 2 N–H and O–H groups in total. The van der Waals surface area contributed by atoms with Gasteiger partial charge in [0, 0.05) is 26.2 Å².